The van der Waals surface area contributed by atoms with E-state index in [-0.39, 0.29) is 24.7 Å². The highest BCUT2D eigenvalue weighted by Gasteiger charge is 2.21. The van der Waals surface area contributed by atoms with E-state index in [9.17, 15) is 9.59 Å². The van der Waals surface area contributed by atoms with Crippen LogP contribution in [-0.2, 0) is 22.6 Å². The molecule has 1 aliphatic heterocycles. The predicted molar refractivity (Wildman–Crippen MR) is 79.4 cm³/mol. The molecule has 0 saturated heterocycles. The molecule has 1 aliphatic rings. The summed E-state index contributed by atoms with van der Waals surface area (Å²) >= 11 is 1.76. The molecule has 1 aromatic rings. The van der Waals surface area contributed by atoms with Crippen molar-refractivity contribution in [1.29, 1.82) is 0 Å². The van der Waals surface area contributed by atoms with Crippen LogP contribution in [0.2, 0.25) is 0 Å². The third-order valence-electron chi connectivity index (χ3n) is 3.43. The van der Waals surface area contributed by atoms with Gasteiger partial charge in [-0.05, 0) is 36.4 Å². The highest BCUT2D eigenvalue weighted by Crippen LogP contribution is 2.24. The highest BCUT2D eigenvalue weighted by atomic mass is 32.1. The summed E-state index contributed by atoms with van der Waals surface area (Å²) in [5.41, 5.74) is 6.61. The van der Waals surface area contributed by atoms with E-state index in [0.717, 1.165) is 19.4 Å². The molecule has 3 N–H and O–H groups in total. The fraction of sp³-hybridized carbons (Fsp3) is 0.571. The van der Waals surface area contributed by atoms with Crippen molar-refractivity contribution in [1.82, 2.24) is 10.2 Å². The number of hydrogen-bond donors (Lipinski definition) is 2. The van der Waals surface area contributed by atoms with Gasteiger partial charge >= 0.3 is 0 Å². The van der Waals surface area contributed by atoms with Crippen LogP contribution in [0.15, 0.2) is 11.4 Å². The van der Waals surface area contributed by atoms with Crippen LogP contribution >= 0.6 is 11.3 Å². The van der Waals surface area contributed by atoms with Crippen LogP contribution in [-0.4, -0.2) is 36.3 Å². The van der Waals surface area contributed by atoms with Gasteiger partial charge in [-0.15, -0.1) is 11.3 Å². The zero-order valence-corrected chi connectivity index (χ0v) is 12.4. The first-order valence-corrected chi connectivity index (χ1v) is 7.88. The molecule has 0 saturated carbocycles. The lowest BCUT2D eigenvalue weighted by molar-refractivity contribution is -0.134. The molecule has 0 aromatic carbocycles. The molecular weight excluding hydrogens is 274 g/mol. The van der Waals surface area contributed by atoms with Gasteiger partial charge in [0.25, 0.3) is 0 Å². The molecule has 5 nitrogen and oxygen atoms in total. The second-order valence-electron chi connectivity index (χ2n) is 4.93. The van der Waals surface area contributed by atoms with Crippen LogP contribution in [0.1, 0.15) is 29.7 Å². The topological polar surface area (TPSA) is 75.4 Å². The number of rotatable bonds is 6. The van der Waals surface area contributed by atoms with Crippen LogP contribution in [0.4, 0.5) is 0 Å². The molecule has 2 amide bonds. The molecule has 20 heavy (non-hydrogen) atoms. The lowest BCUT2D eigenvalue weighted by atomic mass is 10.1. The lowest BCUT2D eigenvalue weighted by Gasteiger charge is -2.27. The Kier molecular flexibility index (Phi) is 5.55. The van der Waals surface area contributed by atoms with E-state index in [1.54, 1.807) is 11.3 Å². The van der Waals surface area contributed by atoms with E-state index >= 15 is 0 Å². The molecule has 0 spiro atoms. The minimum absolute atomic E-state index is 0.0656. The van der Waals surface area contributed by atoms with Crippen LogP contribution in [0.3, 0.4) is 0 Å². The molecule has 2 rings (SSSR count). The summed E-state index contributed by atoms with van der Waals surface area (Å²) in [6.45, 7) is 2.61. The smallest absolute Gasteiger partial charge is 0.223 e. The van der Waals surface area contributed by atoms with Crippen molar-refractivity contribution in [2.24, 2.45) is 5.73 Å². The fourth-order valence-electron chi connectivity index (χ4n) is 2.26. The number of nitrogens with two attached hydrogens (primary N) is 1. The Bertz CT molecular complexity index is 473. The summed E-state index contributed by atoms with van der Waals surface area (Å²) in [4.78, 5) is 26.9. The van der Waals surface area contributed by atoms with E-state index < -0.39 is 0 Å². The molecular formula is C14H21N3O2S. The number of amides is 2. The van der Waals surface area contributed by atoms with Crippen LogP contribution in [0.5, 0.6) is 0 Å². The van der Waals surface area contributed by atoms with Gasteiger partial charge in [-0.2, -0.15) is 0 Å². The maximum atomic E-state index is 12.1. The Morgan fingerprint density at radius 1 is 1.40 bits per heavy atom. The molecule has 0 aliphatic carbocycles. The summed E-state index contributed by atoms with van der Waals surface area (Å²) in [5.74, 6) is -0.00384. The second-order valence-corrected chi connectivity index (χ2v) is 5.93. The number of hydrogen-bond acceptors (Lipinski definition) is 4. The van der Waals surface area contributed by atoms with Crippen LogP contribution in [0, 0.1) is 0 Å². The summed E-state index contributed by atoms with van der Waals surface area (Å²) in [6, 6.07) is 2.08. The fourth-order valence-corrected chi connectivity index (χ4v) is 3.15. The highest BCUT2D eigenvalue weighted by molar-refractivity contribution is 7.10. The summed E-state index contributed by atoms with van der Waals surface area (Å²) in [5, 5.41) is 4.84. The van der Waals surface area contributed by atoms with Gasteiger partial charge in [-0.3, -0.25) is 9.59 Å². The zero-order chi connectivity index (χ0) is 14.4. The molecule has 0 atom stereocenters. The minimum Gasteiger partial charge on any atom is -0.356 e. The predicted octanol–water partition coefficient (Wildman–Crippen LogP) is 0.878. The molecule has 0 fully saturated rings. The van der Waals surface area contributed by atoms with Crippen molar-refractivity contribution in [2.45, 2.75) is 32.2 Å². The minimum atomic E-state index is -0.0694. The van der Waals surface area contributed by atoms with Gasteiger partial charge in [-0.1, -0.05) is 0 Å². The molecule has 110 valence electrons. The van der Waals surface area contributed by atoms with Gasteiger partial charge in [-0.25, -0.2) is 0 Å². The first kappa shape index (κ1) is 15.0. The van der Waals surface area contributed by atoms with Crippen LogP contribution < -0.4 is 11.1 Å². The van der Waals surface area contributed by atoms with Gasteiger partial charge in [0.15, 0.2) is 0 Å². The number of carbonyl (C=O) groups is 2. The monoisotopic (exact) mass is 295 g/mol. The first-order chi connectivity index (χ1) is 9.70. The van der Waals surface area contributed by atoms with Crippen molar-refractivity contribution >= 4 is 23.2 Å². The number of nitrogens with one attached hydrogen (secondary N) is 1. The molecule has 0 unspecified atom stereocenters. The quantitative estimate of drug-likeness (QED) is 0.765. The maximum Gasteiger partial charge on any atom is 0.223 e. The normalized spacial score (nSPS) is 13.9. The zero-order valence-electron chi connectivity index (χ0n) is 11.6. The van der Waals surface area contributed by atoms with Crippen molar-refractivity contribution in [2.75, 3.05) is 19.6 Å². The molecule has 0 bridgehead atoms. The number of fused-ring (bicyclic) bond motifs is 1. The first-order valence-electron chi connectivity index (χ1n) is 7.00. The van der Waals surface area contributed by atoms with Gasteiger partial charge in [0.05, 0.1) is 0 Å². The Balaban J connectivity index is 1.72. The summed E-state index contributed by atoms with van der Waals surface area (Å²) in [7, 11) is 0. The molecule has 0 radical (unpaired) electrons. The average Bonchev–Trinajstić information content (AvgIpc) is 2.92. The van der Waals surface area contributed by atoms with Gasteiger partial charge in [0, 0.05) is 37.4 Å². The second kappa shape index (κ2) is 7.40. The number of nitrogens with zero attached hydrogens (tertiary/aromatic N) is 1. The van der Waals surface area contributed by atoms with Gasteiger partial charge in [0.2, 0.25) is 11.8 Å². The molecule has 1 aromatic heterocycles. The Morgan fingerprint density at radius 3 is 3.05 bits per heavy atom. The standard InChI is InChI=1S/C14H21N3O2S/c15-6-1-7-16-13(18)2-3-14(19)17-8-4-12-11(10-17)5-9-20-12/h5,9H,1-4,6-8,10,15H2,(H,16,18). The Labute approximate surface area is 123 Å². The maximum absolute atomic E-state index is 12.1. The number of thiophene rings is 1. The summed E-state index contributed by atoms with van der Waals surface area (Å²) < 4.78 is 0. The van der Waals surface area contributed by atoms with E-state index in [0.29, 0.717) is 19.6 Å². The summed E-state index contributed by atoms with van der Waals surface area (Å²) in [6.07, 6.45) is 2.25. The van der Waals surface area contributed by atoms with Crippen molar-refractivity contribution in [3.05, 3.63) is 21.9 Å². The van der Waals surface area contributed by atoms with E-state index in [2.05, 4.69) is 16.8 Å². The van der Waals surface area contributed by atoms with E-state index in [1.807, 2.05) is 4.90 Å². The third kappa shape index (κ3) is 4.05. The Morgan fingerprint density at radius 2 is 2.25 bits per heavy atom. The van der Waals surface area contributed by atoms with Gasteiger partial charge in [0.1, 0.15) is 0 Å². The molecule has 2 heterocycles. The number of carbonyl (C=O) groups excluding carboxylic acids is 2. The third-order valence-corrected chi connectivity index (χ3v) is 4.45. The Hall–Kier alpha value is -1.40. The largest absolute Gasteiger partial charge is 0.356 e. The van der Waals surface area contributed by atoms with Crippen molar-refractivity contribution in [3.8, 4) is 0 Å². The van der Waals surface area contributed by atoms with Crippen molar-refractivity contribution in [3.63, 3.8) is 0 Å². The van der Waals surface area contributed by atoms with E-state index in [1.165, 1.54) is 10.4 Å². The van der Waals surface area contributed by atoms with Crippen molar-refractivity contribution < 1.29 is 9.59 Å². The van der Waals surface area contributed by atoms with Gasteiger partial charge < -0.3 is 16.0 Å². The van der Waals surface area contributed by atoms with E-state index in [4.69, 9.17) is 5.73 Å². The lowest BCUT2D eigenvalue weighted by Crippen LogP contribution is -2.36. The SMILES string of the molecule is NCCCNC(=O)CCC(=O)N1CCc2sccc2C1. The average molecular weight is 295 g/mol. The van der Waals surface area contributed by atoms with Crippen LogP contribution in [0.25, 0.3) is 0 Å². The molecule has 6 heteroatoms.